The fraction of sp³-hybridized carbons (Fsp3) is 0.429. The van der Waals surface area contributed by atoms with E-state index in [0.717, 1.165) is 25.0 Å². The first-order valence-corrected chi connectivity index (χ1v) is 5.94. The van der Waals surface area contributed by atoms with E-state index in [-0.39, 0.29) is 6.04 Å². The molecule has 2 rings (SSSR count). The highest BCUT2D eigenvalue weighted by atomic mass is 16.5. The third-order valence-corrected chi connectivity index (χ3v) is 3.08. The molecule has 1 aromatic carbocycles. The molecule has 1 unspecified atom stereocenters. The number of hydrogen-bond donors (Lipinski definition) is 1. The van der Waals surface area contributed by atoms with E-state index < -0.39 is 0 Å². The smallest absolute Gasteiger partial charge is 0.123 e. The molecule has 0 radical (unpaired) electrons. The molecule has 1 aliphatic carbocycles. The van der Waals surface area contributed by atoms with Gasteiger partial charge in [-0.25, -0.2) is 0 Å². The Kier molecular flexibility index (Phi) is 3.62. The van der Waals surface area contributed by atoms with Crippen LogP contribution in [0.1, 0.15) is 36.9 Å². The number of rotatable bonds is 3. The van der Waals surface area contributed by atoms with Crippen LogP contribution >= 0.6 is 0 Å². The van der Waals surface area contributed by atoms with Crippen LogP contribution in [0, 0.1) is 0 Å². The Morgan fingerprint density at radius 2 is 2.38 bits per heavy atom. The predicted molar refractivity (Wildman–Crippen MR) is 66.6 cm³/mol. The lowest BCUT2D eigenvalue weighted by atomic mass is 9.88. The van der Waals surface area contributed by atoms with Gasteiger partial charge in [0.05, 0.1) is 0 Å². The van der Waals surface area contributed by atoms with Crippen LogP contribution < -0.4 is 10.5 Å². The Balaban J connectivity index is 2.22. The summed E-state index contributed by atoms with van der Waals surface area (Å²) in [5.74, 6) is 1.01. The monoisotopic (exact) mass is 217 g/mol. The van der Waals surface area contributed by atoms with Gasteiger partial charge < -0.3 is 10.5 Å². The highest BCUT2D eigenvalue weighted by Gasteiger charge is 2.19. The van der Waals surface area contributed by atoms with Crippen molar-refractivity contribution >= 4 is 0 Å². The number of hydrogen-bond acceptors (Lipinski definition) is 2. The molecular weight excluding hydrogens is 198 g/mol. The second-order valence-corrected chi connectivity index (χ2v) is 4.20. The van der Waals surface area contributed by atoms with Crippen molar-refractivity contribution in [3.05, 3.63) is 41.5 Å². The number of ether oxygens (including phenoxy) is 1. The van der Waals surface area contributed by atoms with Gasteiger partial charge in [-0.2, -0.15) is 0 Å². The summed E-state index contributed by atoms with van der Waals surface area (Å²) in [6, 6.07) is 6.39. The minimum Gasteiger partial charge on any atom is -0.489 e. The highest BCUT2D eigenvalue weighted by Crippen LogP contribution is 2.33. The Morgan fingerprint density at radius 3 is 3.19 bits per heavy atom. The molecule has 2 N–H and O–H groups in total. The van der Waals surface area contributed by atoms with Gasteiger partial charge in [0, 0.05) is 6.04 Å². The first kappa shape index (κ1) is 11.2. The van der Waals surface area contributed by atoms with Gasteiger partial charge in [0.1, 0.15) is 12.4 Å². The van der Waals surface area contributed by atoms with Crippen LogP contribution in [0.15, 0.2) is 30.4 Å². The zero-order chi connectivity index (χ0) is 11.4. The average molecular weight is 217 g/mol. The van der Waals surface area contributed by atoms with Crippen LogP contribution in [-0.4, -0.2) is 6.61 Å². The zero-order valence-corrected chi connectivity index (χ0v) is 9.78. The van der Waals surface area contributed by atoms with E-state index in [9.17, 15) is 0 Å². The van der Waals surface area contributed by atoms with Crippen molar-refractivity contribution < 1.29 is 4.74 Å². The number of benzene rings is 1. The Hall–Kier alpha value is -1.28. The molecule has 2 heteroatoms. The summed E-state index contributed by atoms with van der Waals surface area (Å²) in [6.07, 6.45) is 7.36. The number of fused-ring (bicyclic) bond motifs is 1. The van der Waals surface area contributed by atoms with Crippen molar-refractivity contribution in [3.63, 3.8) is 0 Å². The van der Waals surface area contributed by atoms with Crippen LogP contribution in [0.5, 0.6) is 5.75 Å². The molecule has 16 heavy (non-hydrogen) atoms. The fourth-order valence-corrected chi connectivity index (χ4v) is 2.22. The van der Waals surface area contributed by atoms with Crippen molar-refractivity contribution in [2.75, 3.05) is 6.61 Å². The zero-order valence-electron chi connectivity index (χ0n) is 9.78. The molecule has 1 aliphatic rings. The van der Waals surface area contributed by atoms with Crippen molar-refractivity contribution in [3.8, 4) is 5.75 Å². The maximum Gasteiger partial charge on any atom is 0.123 e. The second-order valence-electron chi connectivity index (χ2n) is 4.20. The molecule has 0 bridgehead atoms. The van der Waals surface area contributed by atoms with E-state index in [0.29, 0.717) is 6.61 Å². The summed E-state index contributed by atoms with van der Waals surface area (Å²) in [4.78, 5) is 0. The van der Waals surface area contributed by atoms with E-state index in [1.807, 2.05) is 31.2 Å². The third-order valence-electron chi connectivity index (χ3n) is 3.08. The predicted octanol–water partition coefficient (Wildman–Crippen LogP) is 2.98. The van der Waals surface area contributed by atoms with Gasteiger partial charge in [-0.15, -0.1) is 0 Å². The van der Waals surface area contributed by atoms with E-state index in [1.54, 1.807) is 0 Å². The fourth-order valence-electron chi connectivity index (χ4n) is 2.22. The van der Waals surface area contributed by atoms with Gasteiger partial charge in [-0.3, -0.25) is 0 Å². The standard InChI is InChI=1S/C14H19NO/c1-2-3-10-16-14-9-5-6-11-12(14)7-4-8-13(11)15/h2-3,5-6,9,13H,4,7-8,10,15H2,1H3. The minimum absolute atomic E-state index is 0.189. The van der Waals surface area contributed by atoms with Gasteiger partial charge in [0.15, 0.2) is 0 Å². The van der Waals surface area contributed by atoms with Crippen LogP contribution in [0.4, 0.5) is 0 Å². The molecule has 1 aromatic rings. The average Bonchev–Trinajstić information content (AvgIpc) is 2.31. The van der Waals surface area contributed by atoms with Crippen molar-refractivity contribution in [1.29, 1.82) is 0 Å². The van der Waals surface area contributed by atoms with E-state index in [2.05, 4.69) is 6.07 Å². The molecule has 0 aliphatic heterocycles. The topological polar surface area (TPSA) is 35.2 Å². The molecule has 0 saturated carbocycles. The van der Waals surface area contributed by atoms with Gasteiger partial charge >= 0.3 is 0 Å². The lowest BCUT2D eigenvalue weighted by Crippen LogP contribution is -2.18. The van der Waals surface area contributed by atoms with Crippen molar-refractivity contribution in [1.82, 2.24) is 0 Å². The minimum atomic E-state index is 0.189. The number of allylic oxidation sites excluding steroid dienone is 1. The summed E-state index contributed by atoms with van der Waals surface area (Å²) in [6.45, 7) is 2.64. The highest BCUT2D eigenvalue weighted by molar-refractivity contribution is 5.43. The maximum absolute atomic E-state index is 6.10. The van der Waals surface area contributed by atoms with Gasteiger partial charge in [0.2, 0.25) is 0 Å². The van der Waals surface area contributed by atoms with Crippen LogP contribution in [0.25, 0.3) is 0 Å². The van der Waals surface area contributed by atoms with E-state index in [1.165, 1.54) is 11.1 Å². The lowest BCUT2D eigenvalue weighted by Gasteiger charge is -2.24. The van der Waals surface area contributed by atoms with E-state index in [4.69, 9.17) is 10.5 Å². The molecule has 0 aromatic heterocycles. The molecule has 0 heterocycles. The summed E-state index contributed by atoms with van der Waals surface area (Å²) in [5, 5.41) is 0. The summed E-state index contributed by atoms with van der Waals surface area (Å²) in [7, 11) is 0. The van der Waals surface area contributed by atoms with Crippen LogP contribution in [0.2, 0.25) is 0 Å². The Bertz CT molecular complexity index is 384. The summed E-state index contributed by atoms with van der Waals surface area (Å²) >= 11 is 0. The molecule has 0 amide bonds. The maximum atomic E-state index is 6.10. The molecule has 2 nitrogen and oxygen atoms in total. The molecule has 1 atom stereocenters. The van der Waals surface area contributed by atoms with Gasteiger partial charge in [-0.1, -0.05) is 24.3 Å². The molecule has 86 valence electrons. The van der Waals surface area contributed by atoms with E-state index >= 15 is 0 Å². The first-order valence-electron chi connectivity index (χ1n) is 5.94. The van der Waals surface area contributed by atoms with Crippen LogP contribution in [-0.2, 0) is 6.42 Å². The molecular formula is C14H19NO. The van der Waals surface area contributed by atoms with Crippen molar-refractivity contribution in [2.24, 2.45) is 5.73 Å². The van der Waals surface area contributed by atoms with Gasteiger partial charge in [-0.05, 0) is 43.4 Å². The third kappa shape index (κ3) is 2.27. The SMILES string of the molecule is CC=CCOc1cccc2c1CCCC2N. The first-order chi connectivity index (χ1) is 7.83. The molecule has 0 fully saturated rings. The van der Waals surface area contributed by atoms with Crippen molar-refractivity contribution in [2.45, 2.75) is 32.2 Å². The quantitative estimate of drug-likeness (QED) is 0.790. The largest absolute Gasteiger partial charge is 0.489 e. The van der Waals surface area contributed by atoms with Crippen LogP contribution in [0.3, 0.4) is 0 Å². The summed E-state index contributed by atoms with van der Waals surface area (Å²) in [5.41, 5.74) is 8.68. The second kappa shape index (κ2) is 5.17. The summed E-state index contributed by atoms with van der Waals surface area (Å²) < 4.78 is 5.75. The molecule has 0 spiro atoms. The Labute approximate surface area is 97.1 Å². The normalized spacial score (nSPS) is 19.8. The molecule has 0 saturated heterocycles. The number of nitrogens with two attached hydrogens (primary N) is 1. The lowest BCUT2D eigenvalue weighted by molar-refractivity contribution is 0.354. The Morgan fingerprint density at radius 1 is 1.50 bits per heavy atom. The van der Waals surface area contributed by atoms with Gasteiger partial charge in [0.25, 0.3) is 0 Å².